The monoisotopic (exact) mass is 315 g/mol. The minimum atomic E-state index is -3.45. The molecule has 0 aromatic carbocycles. The Labute approximate surface area is 126 Å². The quantitative estimate of drug-likeness (QED) is 0.730. The molecular weight excluding hydrogens is 290 g/mol. The van der Waals surface area contributed by atoms with Crippen LogP contribution in [0.4, 0.5) is 0 Å². The lowest BCUT2D eigenvalue weighted by Crippen LogP contribution is -2.32. The van der Waals surface area contributed by atoms with Gasteiger partial charge < -0.3 is 10.6 Å². The van der Waals surface area contributed by atoms with Gasteiger partial charge in [0.05, 0.1) is 12.7 Å². The van der Waals surface area contributed by atoms with Crippen LogP contribution >= 0.6 is 0 Å². The summed E-state index contributed by atoms with van der Waals surface area (Å²) in [5, 5.41) is 3.99. The standard InChI is InChI=1S/C13H25N5O2S/c1-17-7-3-12(4-8-17)2-6-16-21(19,20)13-10-15-18(11-13)9-5-14/h10-12,16H,2-9,14H2,1H3. The van der Waals surface area contributed by atoms with Gasteiger partial charge >= 0.3 is 0 Å². The Hall–Kier alpha value is -0.960. The van der Waals surface area contributed by atoms with Crippen LogP contribution < -0.4 is 10.5 Å². The van der Waals surface area contributed by atoms with Crippen LogP contribution in [0.2, 0.25) is 0 Å². The zero-order valence-electron chi connectivity index (χ0n) is 12.5. The molecule has 1 aliphatic rings. The lowest BCUT2D eigenvalue weighted by molar-refractivity contribution is 0.213. The Bertz CT molecular complexity index is 535. The first-order valence-electron chi connectivity index (χ1n) is 7.42. The molecule has 1 saturated heterocycles. The van der Waals surface area contributed by atoms with Crippen molar-refractivity contribution >= 4 is 10.0 Å². The van der Waals surface area contributed by atoms with E-state index in [2.05, 4.69) is 21.8 Å². The lowest BCUT2D eigenvalue weighted by Gasteiger charge is -2.28. The Kier molecular flexibility index (Phi) is 5.74. The van der Waals surface area contributed by atoms with Gasteiger partial charge in [0.1, 0.15) is 4.90 Å². The van der Waals surface area contributed by atoms with Gasteiger partial charge in [-0.15, -0.1) is 0 Å². The molecular formula is C13H25N5O2S. The number of piperidine rings is 1. The molecule has 2 rings (SSSR count). The van der Waals surface area contributed by atoms with Gasteiger partial charge in [-0.3, -0.25) is 4.68 Å². The molecule has 0 bridgehead atoms. The van der Waals surface area contributed by atoms with Crippen LogP contribution in [0.15, 0.2) is 17.3 Å². The molecule has 0 spiro atoms. The smallest absolute Gasteiger partial charge is 0.243 e. The van der Waals surface area contributed by atoms with E-state index in [9.17, 15) is 8.42 Å². The maximum Gasteiger partial charge on any atom is 0.243 e. The third-order valence-electron chi connectivity index (χ3n) is 3.96. The van der Waals surface area contributed by atoms with Gasteiger partial charge in [0.2, 0.25) is 10.0 Å². The minimum absolute atomic E-state index is 0.208. The average Bonchev–Trinajstić information content (AvgIpc) is 2.91. The van der Waals surface area contributed by atoms with Crippen LogP contribution in [0.1, 0.15) is 19.3 Å². The molecule has 0 unspecified atom stereocenters. The van der Waals surface area contributed by atoms with Gasteiger partial charge in [-0.1, -0.05) is 0 Å². The fourth-order valence-corrected chi connectivity index (χ4v) is 3.57. The second-order valence-corrected chi connectivity index (χ2v) is 7.43. The molecule has 1 aromatic rings. The zero-order valence-corrected chi connectivity index (χ0v) is 13.3. The number of rotatable bonds is 7. The third-order valence-corrected chi connectivity index (χ3v) is 5.38. The lowest BCUT2D eigenvalue weighted by atomic mass is 9.94. The summed E-state index contributed by atoms with van der Waals surface area (Å²) in [6.45, 7) is 3.64. The molecule has 0 aliphatic carbocycles. The van der Waals surface area contributed by atoms with E-state index in [0.29, 0.717) is 25.6 Å². The second-order valence-electron chi connectivity index (χ2n) is 5.66. The summed E-state index contributed by atoms with van der Waals surface area (Å²) in [7, 11) is -1.33. The molecule has 7 nitrogen and oxygen atoms in total. The first kappa shape index (κ1) is 16.4. The first-order valence-corrected chi connectivity index (χ1v) is 8.90. The van der Waals surface area contributed by atoms with Crippen molar-refractivity contribution in [3.8, 4) is 0 Å². The summed E-state index contributed by atoms with van der Waals surface area (Å²) >= 11 is 0. The maximum atomic E-state index is 12.1. The topological polar surface area (TPSA) is 93.2 Å². The number of aromatic nitrogens is 2. The van der Waals surface area contributed by atoms with Crippen molar-refractivity contribution in [1.29, 1.82) is 0 Å². The maximum absolute atomic E-state index is 12.1. The Morgan fingerprint density at radius 2 is 2.14 bits per heavy atom. The summed E-state index contributed by atoms with van der Waals surface area (Å²) in [5.74, 6) is 0.615. The predicted octanol–water partition coefficient (Wildman–Crippen LogP) is -0.148. The van der Waals surface area contributed by atoms with Gasteiger partial charge in [0.25, 0.3) is 0 Å². The Balaban J connectivity index is 1.80. The predicted molar refractivity (Wildman–Crippen MR) is 81.3 cm³/mol. The van der Waals surface area contributed by atoms with Crippen LogP contribution in [0, 0.1) is 5.92 Å². The number of hydrogen-bond acceptors (Lipinski definition) is 5. The van der Waals surface area contributed by atoms with E-state index in [1.165, 1.54) is 12.4 Å². The fraction of sp³-hybridized carbons (Fsp3) is 0.769. The van der Waals surface area contributed by atoms with Gasteiger partial charge in [0, 0.05) is 19.3 Å². The normalized spacial score (nSPS) is 18.2. The number of likely N-dealkylation sites (tertiary alicyclic amines) is 1. The summed E-state index contributed by atoms with van der Waals surface area (Å²) in [5.41, 5.74) is 5.42. The van der Waals surface area contributed by atoms with Crippen molar-refractivity contribution in [2.24, 2.45) is 11.7 Å². The van der Waals surface area contributed by atoms with Gasteiger partial charge in [-0.25, -0.2) is 13.1 Å². The summed E-state index contributed by atoms with van der Waals surface area (Å²) in [6, 6.07) is 0. The summed E-state index contributed by atoms with van der Waals surface area (Å²) < 4.78 is 28.5. The van der Waals surface area contributed by atoms with Crippen LogP contribution in [-0.4, -0.2) is 56.3 Å². The average molecular weight is 315 g/mol. The minimum Gasteiger partial charge on any atom is -0.329 e. The number of nitrogens with two attached hydrogens (primary N) is 1. The van der Waals surface area contributed by atoms with E-state index in [-0.39, 0.29) is 4.90 Å². The zero-order chi connectivity index (χ0) is 15.3. The molecule has 0 saturated carbocycles. The van der Waals surface area contributed by atoms with E-state index < -0.39 is 10.0 Å². The highest BCUT2D eigenvalue weighted by molar-refractivity contribution is 7.89. The van der Waals surface area contributed by atoms with Crippen molar-refractivity contribution in [2.45, 2.75) is 30.7 Å². The van der Waals surface area contributed by atoms with Crippen LogP contribution in [0.25, 0.3) is 0 Å². The largest absolute Gasteiger partial charge is 0.329 e. The van der Waals surface area contributed by atoms with E-state index in [1.807, 2.05) is 0 Å². The third kappa shape index (κ3) is 4.77. The molecule has 0 atom stereocenters. The Morgan fingerprint density at radius 1 is 1.43 bits per heavy atom. The number of hydrogen-bond donors (Lipinski definition) is 2. The highest BCUT2D eigenvalue weighted by Gasteiger charge is 2.19. The molecule has 8 heteroatoms. The first-order chi connectivity index (χ1) is 10.0. The van der Waals surface area contributed by atoms with Crippen LogP contribution in [-0.2, 0) is 16.6 Å². The molecule has 1 aromatic heterocycles. The van der Waals surface area contributed by atoms with Crippen LogP contribution in [0.3, 0.4) is 0 Å². The Morgan fingerprint density at radius 3 is 2.81 bits per heavy atom. The van der Waals surface area contributed by atoms with Gasteiger partial charge in [-0.2, -0.15) is 5.10 Å². The van der Waals surface area contributed by atoms with Crippen molar-refractivity contribution in [3.05, 3.63) is 12.4 Å². The van der Waals surface area contributed by atoms with E-state index in [0.717, 1.165) is 32.4 Å². The highest BCUT2D eigenvalue weighted by Crippen LogP contribution is 2.19. The second kappa shape index (κ2) is 7.35. The number of sulfonamides is 1. The van der Waals surface area contributed by atoms with Crippen LogP contribution in [0.5, 0.6) is 0 Å². The van der Waals surface area contributed by atoms with Gasteiger partial charge in [0.15, 0.2) is 0 Å². The molecule has 1 fully saturated rings. The number of nitrogens with zero attached hydrogens (tertiary/aromatic N) is 3. The van der Waals surface area contributed by atoms with E-state index in [4.69, 9.17) is 5.73 Å². The number of nitrogens with one attached hydrogen (secondary N) is 1. The molecule has 3 N–H and O–H groups in total. The van der Waals surface area contributed by atoms with Crippen molar-refractivity contribution in [3.63, 3.8) is 0 Å². The molecule has 120 valence electrons. The highest BCUT2D eigenvalue weighted by atomic mass is 32.2. The molecule has 2 heterocycles. The molecule has 21 heavy (non-hydrogen) atoms. The summed E-state index contributed by atoms with van der Waals surface area (Å²) in [6.07, 6.45) is 6.07. The van der Waals surface area contributed by atoms with E-state index in [1.54, 1.807) is 4.68 Å². The molecule has 0 amide bonds. The summed E-state index contributed by atoms with van der Waals surface area (Å²) in [4.78, 5) is 2.52. The fourth-order valence-electron chi connectivity index (χ4n) is 2.57. The van der Waals surface area contributed by atoms with Crippen molar-refractivity contribution < 1.29 is 8.42 Å². The molecule has 1 aliphatic heterocycles. The van der Waals surface area contributed by atoms with E-state index >= 15 is 0 Å². The molecule has 0 radical (unpaired) electrons. The van der Waals surface area contributed by atoms with Gasteiger partial charge in [-0.05, 0) is 45.3 Å². The van der Waals surface area contributed by atoms with Crippen molar-refractivity contribution in [1.82, 2.24) is 19.4 Å². The SMILES string of the molecule is CN1CCC(CCNS(=O)(=O)c2cnn(CCN)c2)CC1. The van der Waals surface area contributed by atoms with Crippen molar-refractivity contribution in [2.75, 3.05) is 33.2 Å².